The molecule has 0 saturated heterocycles. The summed E-state index contributed by atoms with van der Waals surface area (Å²) >= 11 is 3.29. The first-order chi connectivity index (χ1) is 7.19. The lowest BCUT2D eigenvalue weighted by Gasteiger charge is -2.09. The van der Waals surface area contributed by atoms with Crippen molar-refractivity contribution in [1.82, 2.24) is 5.32 Å². The quantitative estimate of drug-likeness (QED) is 0.821. The highest BCUT2D eigenvalue weighted by molar-refractivity contribution is 9.10. The topological polar surface area (TPSA) is 41.5 Å². The van der Waals surface area contributed by atoms with E-state index in [1.165, 1.54) is 0 Å². The number of hydrogen-bond acceptors (Lipinski definition) is 3. The van der Waals surface area contributed by atoms with Crippen LogP contribution >= 0.6 is 28.3 Å². The van der Waals surface area contributed by atoms with Gasteiger partial charge >= 0.3 is 0 Å². The fourth-order valence-electron chi connectivity index (χ4n) is 1.29. The smallest absolute Gasteiger partial charge is 0.172 e. The van der Waals surface area contributed by atoms with Crippen molar-refractivity contribution in [2.75, 3.05) is 13.7 Å². The SMILES string of the molecule is CCCNCc1cc(Br)c(O)c(OC)c1.Cl. The molecule has 0 heterocycles. The Morgan fingerprint density at radius 1 is 1.44 bits per heavy atom. The highest BCUT2D eigenvalue weighted by Crippen LogP contribution is 2.35. The van der Waals surface area contributed by atoms with Gasteiger partial charge in [-0.2, -0.15) is 0 Å². The standard InChI is InChI=1S/C11H16BrNO2.ClH/c1-3-4-13-7-8-5-9(12)11(14)10(6-8)15-2;/h5-6,13-14H,3-4,7H2,1-2H3;1H. The third-order valence-corrected chi connectivity index (χ3v) is 2.67. The van der Waals surface area contributed by atoms with Crippen LogP contribution in [0.2, 0.25) is 0 Å². The van der Waals surface area contributed by atoms with Crippen molar-refractivity contribution in [3.05, 3.63) is 22.2 Å². The minimum absolute atomic E-state index is 0. The second-order valence-electron chi connectivity index (χ2n) is 3.31. The van der Waals surface area contributed by atoms with E-state index in [1.54, 1.807) is 7.11 Å². The van der Waals surface area contributed by atoms with E-state index in [9.17, 15) is 5.11 Å². The molecular weight excluding hydrogens is 293 g/mol. The average molecular weight is 311 g/mol. The summed E-state index contributed by atoms with van der Waals surface area (Å²) in [4.78, 5) is 0. The maximum atomic E-state index is 9.60. The van der Waals surface area contributed by atoms with Gasteiger partial charge in [-0.05, 0) is 46.6 Å². The molecule has 0 atom stereocenters. The van der Waals surface area contributed by atoms with Crippen molar-refractivity contribution in [2.24, 2.45) is 0 Å². The van der Waals surface area contributed by atoms with Gasteiger partial charge < -0.3 is 15.2 Å². The maximum Gasteiger partial charge on any atom is 0.172 e. The first-order valence-corrected chi connectivity index (χ1v) is 5.74. The lowest BCUT2D eigenvalue weighted by molar-refractivity contribution is 0.371. The van der Waals surface area contributed by atoms with Crippen LogP contribution in [0, 0.1) is 0 Å². The molecule has 2 N–H and O–H groups in total. The Bertz CT molecular complexity index is 334. The lowest BCUT2D eigenvalue weighted by Crippen LogP contribution is -2.13. The van der Waals surface area contributed by atoms with Gasteiger partial charge in [-0.25, -0.2) is 0 Å². The summed E-state index contributed by atoms with van der Waals surface area (Å²) in [7, 11) is 1.55. The number of benzene rings is 1. The van der Waals surface area contributed by atoms with Gasteiger partial charge in [0.05, 0.1) is 11.6 Å². The second kappa shape index (κ2) is 7.76. The molecule has 0 aromatic heterocycles. The summed E-state index contributed by atoms with van der Waals surface area (Å²) in [5.41, 5.74) is 1.09. The van der Waals surface area contributed by atoms with Crippen LogP contribution in [-0.4, -0.2) is 18.8 Å². The van der Waals surface area contributed by atoms with E-state index in [-0.39, 0.29) is 18.2 Å². The molecule has 5 heteroatoms. The number of nitrogens with one attached hydrogen (secondary N) is 1. The molecule has 16 heavy (non-hydrogen) atoms. The fraction of sp³-hybridized carbons (Fsp3) is 0.455. The zero-order valence-corrected chi connectivity index (χ0v) is 11.8. The predicted molar refractivity (Wildman–Crippen MR) is 71.6 cm³/mol. The summed E-state index contributed by atoms with van der Waals surface area (Å²) in [6.45, 7) is 3.89. The van der Waals surface area contributed by atoms with Gasteiger partial charge in [0, 0.05) is 6.54 Å². The van der Waals surface area contributed by atoms with Crippen LogP contribution in [-0.2, 0) is 6.54 Å². The van der Waals surface area contributed by atoms with E-state index in [1.807, 2.05) is 12.1 Å². The van der Waals surface area contributed by atoms with Crippen LogP contribution in [0.5, 0.6) is 11.5 Å². The Morgan fingerprint density at radius 3 is 2.69 bits per heavy atom. The minimum Gasteiger partial charge on any atom is -0.503 e. The van der Waals surface area contributed by atoms with Gasteiger partial charge in [-0.3, -0.25) is 0 Å². The van der Waals surface area contributed by atoms with Crippen molar-refractivity contribution < 1.29 is 9.84 Å². The molecule has 0 spiro atoms. The van der Waals surface area contributed by atoms with Crippen LogP contribution in [0.25, 0.3) is 0 Å². The molecule has 3 nitrogen and oxygen atoms in total. The normalized spacial score (nSPS) is 9.69. The molecule has 0 amide bonds. The number of phenolic OH excluding ortho intramolecular Hbond substituents is 1. The number of methoxy groups -OCH3 is 1. The van der Waals surface area contributed by atoms with Gasteiger partial charge in [-0.1, -0.05) is 6.92 Å². The number of halogens is 2. The van der Waals surface area contributed by atoms with Crippen LogP contribution in [0.3, 0.4) is 0 Å². The number of phenols is 1. The van der Waals surface area contributed by atoms with E-state index in [2.05, 4.69) is 28.2 Å². The number of hydrogen-bond donors (Lipinski definition) is 2. The molecule has 0 saturated carbocycles. The highest BCUT2D eigenvalue weighted by Gasteiger charge is 2.07. The van der Waals surface area contributed by atoms with E-state index < -0.39 is 0 Å². The molecule has 0 aliphatic heterocycles. The molecular formula is C11H17BrClNO2. The van der Waals surface area contributed by atoms with E-state index in [0.29, 0.717) is 10.2 Å². The van der Waals surface area contributed by atoms with Gasteiger partial charge in [0.15, 0.2) is 11.5 Å². The predicted octanol–water partition coefficient (Wildman–Crippen LogP) is 3.08. The molecule has 0 bridgehead atoms. The fourth-order valence-corrected chi connectivity index (χ4v) is 1.78. The summed E-state index contributed by atoms with van der Waals surface area (Å²) in [5.74, 6) is 0.648. The number of rotatable bonds is 5. The molecule has 0 aliphatic carbocycles. The first kappa shape index (κ1) is 15.6. The molecule has 0 fully saturated rings. The third kappa shape index (κ3) is 4.20. The Balaban J connectivity index is 0.00000225. The van der Waals surface area contributed by atoms with E-state index in [4.69, 9.17) is 4.74 Å². The van der Waals surface area contributed by atoms with Crippen molar-refractivity contribution in [3.63, 3.8) is 0 Å². The number of aromatic hydroxyl groups is 1. The molecule has 0 unspecified atom stereocenters. The highest BCUT2D eigenvalue weighted by atomic mass is 79.9. The molecule has 1 aromatic carbocycles. The van der Waals surface area contributed by atoms with Crippen molar-refractivity contribution >= 4 is 28.3 Å². The zero-order valence-electron chi connectivity index (χ0n) is 9.42. The summed E-state index contributed by atoms with van der Waals surface area (Å²) in [5, 5.41) is 12.9. The van der Waals surface area contributed by atoms with Crippen LogP contribution in [0.15, 0.2) is 16.6 Å². The monoisotopic (exact) mass is 309 g/mol. The average Bonchev–Trinajstić information content (AvgIpc) is 2.23. The van der Waals surface area contributed by atoms with E-state index in [0.717, 1.165) is 25.1 Å². The maximum absolute atomic E-state index is 9.60. The van der Waals surface area contributed by atoms with Crippen LogP contribution in [0.4, 0.5) is 0 Å². The largest absolute Gasteiger partial charge is 0.503 e. The van der Waals surface area contributed by atoms with Crippen LogP contribution < -0.4 is 10.1 Å². The Morgan fingerprint density at radius 2 is 2.12 bits per heavy atom. The Labute approximate surface area is 111 Å². The lowest BCUT2D eigenvalue weighted by atomic mass is 10.2. The van der Waals surface area contributed by atoms with Gasteiger partial charge in [0.25, 0.3) is 0 Å². The van der Waals surface area contributed by atoms with Gasteiger partial charge in [0.2, 0.25) is 0 Å². The summed E-state index contributed by atoms with van der Waals surface area (Å²) in [6.07, 6.45) is 1.11. The van der Waals surface area contributed by atoms with Crippen molar-refractivity contribution in [2.45, 2.75) is 19.9 Å². The molecule has 92 valence electrons. The Kier molecular flexibility index (Phi) is 7.55. The number of ether oxygens (including phenoxy) is 1. The van der Waals surface area contributed by atoms with Crippen LogP contribution in [0.1, 0.15) is 18.9 Å². The molecule has 1 rings (SSSR count). The summed E-state index contributed by atoms with van der Waals surface area (Å²) < 4.78 is 5.73. The van der Waals surface area contributed by atoms with E-state index >= 15 is 0 Å². The second-order valence-corrected chi connectivity index (χ2v) is 4.16. The van der Waals surface area contributed by atoms with Gasteiger partial charge in [-0.15, -0.1) is 12.4 Å². The molecule has 0 aliphatic rings. The van der Waals surface area contributed by atoms with Gasteiger partial charge in [0.1, 0.15) is 0 Å². The minimum atomic E-state index is 0. The molecule has 1 aromatic rings. The summed E-state index contributed by atoms with van der Waals surface area (Å²) in [6, 6.07) is 3.73. The molecule has 0 radical (unpaired) electrons. The van der Waals surface area contributed by atoms with Crippen molar-refractivity contribution in [1.29, 1.82) is 0 Å². The zero-order chi connectivity index (χ0) is 11.3. The third-order valence-electron chi connectivity index (χ3n) is 2.06. The first-order valence-electron chi connectivity index (χ1n) is 4.95. The Hall–Kier alpha value is -0.450. The van der Waals surface area contributed by atoms with Crippen molar-refractivity contribution in [3.8, 4) is 11.5 Å².